The summed E-state index contributed by atoms with van der Waals surface area (Å²) in [6, 6.07) is 6.73. The topological polar surface area (TPSA) is 67.1 Å². The zero-order valence-corrected chi connectivity index (χ0v) is 19.5. The largest absolute Gasteiger partial charge is 0.357 e. The van der Waals surface area contributed by atoms with Crippen LogP contribution in [0.1, 0.15) is 49.8 Å². The Balaban J connectivity index is 0.00000300. The van der Waals surface area contributed by atoms with Crippen molar-refractivity contribution in [1.82, 2.24) is 25.4 Å². The van der Waals surface area contributed by atoms with Crippen molar-refractivity contribution < 1.29 is 4.39 Å². The summed E-state index contributed by atoms with van der Waals surface area (Å²) in [5.41, 5.74) is 0.982. The van der Waals surface area contributed by atoms with Crippen molar-refractivity contribution in [3.8, 4) is 0 Å². The fourth-order valence-electron chi connectivity index (χ4n) is 3.52. The molecule has 1 aromatic heterocycles. The summed E-state index contributed by atoms with van der Waals surface area (Å²) in [6.07, 6.45) is 7.36. The first kappa shape index (κ1) is 23.6. The fourth-order valence-corrected chi connectivity index (χ4v) is 3.52. The summed E-state index contributed by atoms with van der Waals surface area (Å²) in [6.45, 7) is 5.36. The first-order valence-corrected chi connectivity index (χ1v) is 10.4. The number of aryl methyl sites for hydroxylation is 2. The molecular weight excluding hydrogens is 482 g/mol. The minimum absolute atomic E-state index is 0. The van der Waals surface area contributed by atoms with Gasteiger partial charge in [0, 0.05) is 39.0 Å². The fraction of sp³-hybridized carbons (Fsp3) is 0.571. The maximum absolute atomic E-state index is 13.3. The first-order chi connectivity index (χ1) is 13.8. The van der Waals surface area contributed by atoms with Crippen LogP contribution >= 0.6 is 24.0 Å². The molecule has 0 atom stereocenters. The molecule has 0 unspecified atom stereocenters. The number of aromatic nitrogens is 3. The van der Waals surface area contributed by atoms with Crippen molar-refractivity contribution in [2.24, 2.45) is 4.99 Å². The lowest BCUT2D eigenvalue weighted by molar-refractivity contribution is 0.597. The molecule has 2 N–H and O–H groups in total. The highest BCUT2D eigenvalue weighted by Crippen LogP contribution is 2.15. The third kappa shape index (κ3) is 7.56. The molecule has 1 aliphatic heterocycles. The van der Waals surface area contributed by atoms with E-state index in [0.29, 0.717) is 6.54 Å². The standard InChI is InChI=1S/C21H31FN6.HI/c1-2-23-21(25-14-12-17-8-6-9-18(22)16-17)24-13-7-11-20-27-26-19-10-4-3-5-15-28(19)20;/h6,8-9,16H,2-5,7,10-15H2,1H3,(H2,23,24,25);1H. The van der Waals surface area contributed by atoms with Crippen molar-refractivity contribution in [1.29, 1.82) is 0 Å². The van der Waals surface area contributed by atoms with Gasteiger partial charge in [-0.15, -0.1) is 34.2 Å². The van der Waals surface area contributed by atoms with Crippen LogP contribution in [-0.4, -0.2) is 40.4 Å². The predicted molar refractivity (Wildman–Crippen MR) is 125 cm³/mol. The van der Waals surface area contributed by atoms with Crippen LogP contribution in [0, 0.1) is 5.82 Å². The van der Waals surface area contributed by atoms with E-state index in [9.17, 15) is 4.39 Å². The molecule has 0 bridgehead atoms. The van der Waals surface area contributed by atoms with E-state index in [1.54, 1.807) is 12.1 Å². The zero-order valence-electron chi connectivity index (χ0n) is 17.2. The molecule has 0 aliphatic carbocycles. The van der Waals surface area contributed by atoms with Gasteiger partial charge in [0.2, 0.25) is 0 Å². The van der Waals surface area contributed by atoms with Gasteiger partial charge in [-0.3, -0.25) is 4.99 Å². The maximum Gasteiger partial charge on any atom is 0.191 e. The minimum Gasteiger partial charge on any atom is -0.357 e. The van der Waals surface area contributed by atoms with Crippen LogP contribution < -0.4 is 10.6 Å². The van der Waals surface area contributed by atoms with Gasteiger partial charge in [0.05, 0.1) is 0 Å². The molecule has 0 saturated heterocycles. The molecule has 0 fully saturated rings. The summed E-state index contributed by atoms with van der Waals surface area (Å²) in [5, 5.41) is 15.3. The van der Waals surface area contributed by atoms with Gasteiger partial charge in [-0.1, -0.05) is 18.6 Å². The van der Waals surface area contributed by atoms with Crippen molar-refractivity contribution in [3.63, 3.8) is 0 Å². The first-order valence-electron chi connectivity index (χ1n) is 10.4. The normalized spacial score (nSPS) is 13.9. The van der Waals surface area contributed by atoms with Crippen LogP contribution in [-0.2, 0) is 25.8 Å². The second-order valence-corrected chi connectivity index (χ2v) is 7.17. The molecule has 6 nitrogen and oxygen atoms in total. The van der Waals surface area contributed by atoms with Crippen LogP contribution in [0.4, 0.5) is 4.39 Å². The number of benzene rings is 1. The second kappa shape index (κ2) is 12.8. The maximum atomic E-state index is 13.3. The van der Waals surface area contributed by atoms with E-state index in [0.717, 1.165) is 68.5 Å². The number of nitrogens with one attached hydrogen (secondary N) is 2. The number of nitrogens with zero attached hydrogens (tertiary/aromatic N) is 4. The molecule has 1 aromatic carbocycles. The van der Waals surface area contributed by atoms with E-state index in [1.165, 1.54) is 25.3 Å². The highest BCUT2D eigenvalue weighted by molar-refractivity contribution is 14.0. The Morgan fingerprint density at radius 3 is 2.90 bits per heavy atom. The number of fused-ring (bicyclic) bond motifs is 1. The van der Waals surface area contributed by atoms with E-state index in [-0.39, 0.29) is 29.8 Å². The van der Waals surface area contributed by atoms with Crippen molar-refractivity contribution in [2.45, 2.75) is 58.4 Å². The van der Waals surface area contributed by atoms with Crippen LogP contribution in [0.15, 0.2) is 29.3 Å². The molecule has 2 heterocycles. The Morgan fingerprint density at radius 1 is 1.17 bits per heavy atom. The van der Waals surface area contributed by atoms with E-state index in [1.807, 2.05) is 6.07 Å². The molecule has 0 saturated carbocycles. The number of hydrogen-bond donors (Lipinski definition) is 2. The lowest BCUT2D eigenvalue weighted by Crippen LogP contribution is -2.38. The number of rotatable bonds is 8. The van der Waals surface area contributed by atoms with Gasteiger partial charge in [-0.05, 0) is 50.3 Å². The molecular formula is C21H32FIN6. The molecule has 1 aliphatic rings. The highest BCUT2D eigenvalue weighted by atomic mass is 127. The Morgan fingerprint density at radius 2 is 2.07 bits per heavy atom. The lowest BCUT2D eigenvalue weighted by atomic mass is 10.1. The summed E-state index contributed by atoms with van der Waals surface area (Å²) in [7, 11) is 0. The summed E-state index contributed by atoms with van der Waals surface area (Å²) < 4.78 is 15.6. The quantitative estimate of drug-likeness (QED) is 0.245. The minimum atomic E-state index is -0.190. The van der Waals surface area contributed by atoms with Gasteiger partial charge < -0.3 is 15.2 Å². The number of hydrogen-bond acceptors (Lipinski definition) is 3. The molecule has 2 aromatic rings. The lowest BCUT2D eigenvalue weighted by Gasteiger charge is -2.11. The zero-order chi connectivity index (χ0) is 19.6. The summed E-state index contributed by atoms with van der Waals surface area (Å²) in [5.74, 6) is 2.85. The van der Waals surface area contributed by atoms with Gasteiger partial charge in [0.25, 0.3) is 0 Å². The van der Waals surface area contributed by atoms with Gasteiger partial charge in [-0.25, -0.2) is 4.39 Å². The SMILES string of the molecule is CCNC(=NCCCc1nnc2n1CCCCC2)NCCc1cccc(F)c1.I. The number of guanidine groups is 1. The smallest absolute Gasteiger partial charge is 0.191 e. The Hall–Kier alpha value is -1.71. The van der Waals surface area contributed by atoms with Gasteiger partial charge in [-0.2, -0.15) is 0 Å². The molecule has 3 rings (SSSR count). The van der Waals surface area contributed by atoms with E-state index < -0.39 is 0 Å². The van der Waals surface area contributed by atoms with Crippen LogP contribution in [0.2, 0.25) is 0 Å². The Labute approximate surface area is 189 Å². The number of halogens is 2. The molecule has 0 amide bonds. The molecule has 29 heavy (non-hydrogen) atoms. The highest BCUT2D eigenvalue weighted by Gasteiger charge is 2.14. The average molecular weight is 514 g/mol. The van der Waals surface area contributed by atoms with Crippen LogP contribution in [0.25, 0.3) is 0 Å². The van der Waals surface area contributed by atoms with Crippen molar-refractivity contribution in [2.75, 3.05) is 19.6 Å². The third-order valence-electron chi connectivity index (χ3n) is 4.95. The van der Waals surface area contributed by atoms with E-state index >= 15 is 0 Å². The average Bonchev–Trinajstić information content (AvgIpc) is 2.91. The number of aliphatic imine (C=N–C) groups is 1. The summed E-state index contributed by atoms with van der Waals surface area (Å²) in [4.78, 5) is 4.66. The third-order valence-corrected chi connectivity index (χ3v) is 4.95. The van der Waals surface area contributed by atoms with Gasteiger partial charge >= 0.3 is 0 Å². The van der Waals surface area contributed by atoms with Gasteiger partial charge in [0.1, 0.15) is 17.5 Å². The van der Waals surface area contributed by atoms with Gasteiger partial charge in [0.15, 0.2) is 5.96 Å². The van der Waals surface area contributed by atoms with Crippen molar-refractivity contribution >= 4 is 29.9 Å². The molecule has 0 spiro atoms. The van der Waals surface area contributed by atoms with Crippen LogP contribution in [0.5, 0.6) is 0 Å². The van der Waals surface area contributed by atoms with Crippen molar-refractivity contribution in [3.05, 3.63) is 47.3 Å². The van der Waals surface area contributed by atoms with Crippen LogP contribution in [0.3, 0.4) is 0 Å². The monoisotopic (exact) mass is 514 g/mol. The Kier molecular flexibility index (Phi) is 10.4. The van der Waals surface area contributed by atoms with E-state index in [4.69, 9.17) is 0 Å². The molecule has 8 heteroatoms. The molecule has 160 valence electrons. The molecule has 0 radical (unpaired) electrons. The predicted octanol–water partition coefficient (Wildman–Crippen LogP) is 3.49. The van der Waals surface area contributed by atoms with E-state index in [2.05, 4.69) is 37.3 Å². The summed E-state index contributed by atoms with van der Waals surface area (Å²) >= 11 is 0. The second-order valence-electron chi connectivity index (χ2n) is 7.17. The Bertz CT molecular complexity index is 776.